The number of H-pyrrole nitrogens is 1. The molecule has 3 heteroatoms. The molecule has 0 aliphatic carbocycles. The molecule has 1 aliphatic rings. The van der Waals surface area contributed by atoms with Crippen LogP contribution in [0.25, 0.3) is 10.9 Å². The Morgan fingerprint density at radius 3 is 2.86 bits per heavy atom. The van der Waals surface area contributed by atoms with Crippen molar-refractivity contribution in [2.45, 2.75) is 39.5 Å². The zero-order chi connectivity index (χ0) is 15.0. The van der Waals surface area contributed by atoms with Crippen LogP contribution in [0.4, 0.5) is 0 Å². The summed E-state index contributed by atoms with van der Waals surface area (Å²) in [4.78, 5) is 17.9. The summed E-state index contributed by atoms with van der Waals surface area (Å²) in [6, 6.07) is 8.41. The van der Waals surface area contributed by atoms with Crippen molar-refractivity contribution in [3.05, 3.63) is 35.5 Å². The van der Waals surface area contributed by atoms with Crippen LogP contribution in [-0.4, -0.2) is 28.9 Å². The first kappa shape index (κ1) is 14.2. The van der Waals surface area contributed by atoms with Crippen LogP contribution in [0.1, 0.15) is 55.6 Å². The van der Waals surface area contributed by atoms with Gasteiger partial charge in [-0.3, -0.25) is 4.79 Å². The summed E-state index contributed by atoms with van der Waals surface area (Å²) in [5.41, 5.74) is 3.09. The summed E-state index contributed by atoms with van der Waals surface area (Å²) in [6.07, 6.45) is 2.35. The van der Waals surface area contributed by atoms with Crippen LogP contribution in [-0.2, 0) is 0 Å². The van der Waals surface area contributed by atoms with Gasteiger partial charge in [0.15, 0.2) is 0 Å². The lowest BCUT2D eigenvalue weighted by atomic mass is 10.00. The van der Waals surface area contributed by atoms with Crippen molar-refractivity contribution >= 4 is 16.8 Å². The Bertz CT molecular complexity index is 656. The molecule has 1 N–H and O–H groups in total. The molecule has 1 aromatic carbocycles. The molecule has 0 bridgehead atoms. The largest absolute Gasteiger partial charge is 0.351 e. The van der Waals surface area contributed by atoms with E-state index in [2.05, 4.69) is 44.0 Å². The number of aromatic nitrogens is 1. The number of carbonyl (C=O) groups is 1. The maximum atomic E-state index is 12.6. The molecule has 2 aromatic rings. The molecule has 112 valence electrons. The Hall–Kier alpha value is -1.77. The van der Waals surface area contributed by atoms with Crippen molar-refractivity contribution in [2.24, 2.45) is 5.92 Å². The van der Waals surface area contributed by atoms with Crippen molar-refractivity contribution in [3.63, 3.8) is 0 Å². The normalized spacial score (nSPS) is 19.4. The summed E-state index contributed by atoms with van der Waals surface area (Å²) in [6.45, 7) is 8.36. The molecular formula is C18H24N2O. The standard InChI is InChI=1S/C18H24N2O/c1-12(2)14-6-7-15-10-17(19-16(15)9-14)18(21)20-8-4-5-13(3)11-20/h6-7,9-10,12-13,19H,4-5,8,11H2,1-3H3/t13-/m1/s1. The van der Waals surface area contributed by atoms with Gasteiger partial charge in [-0.25, -0.2) is 0 Å². The van der Waals surface area contributed by atoms with Crippen molar-refractivity contribution in [1.29, 1.82) is 0 Å². The highest BCUT2D eigenvalue weighted by molar-refractivity contribution is 5.98. The quantitative estimate of drug-likeness (QED) is 0.883. The molecule has 0 spiro atoms. The van der Waals surface area contributed by atoms with Gasteiger partial charge in [0.05, 0.1) is 0 Å². The van der Waals surface area contributed by atoms with Crippen molar-refractivity contribution < 1.29 is 4.79 Å². The van der Waals surface area contributed by atoms with Crippen LogP contribution in [0.5, 0.6) is 0 Å². The number of carbonyl (C=O) groups excluding carboxylic acids is 1. The van der Waals surface area contributed by atoms with Gasteiger partial charge in [-0.2, -0.15) is 0 Å². The van der Waals surface area contributed by atoms with E-state index in [0.29, 0.717) is 11.8 Å². The molecule has 1 atom stereocenters. The fraction of sp³-hybridized carbons (Fsp3) is 0.500. The van der Waals surface area contributed by atoms with E-state index in [9.17, 15) is 4.79 Å². The molecule has 1 saturated heterocycles. The Morgan fingerprint density at radius 1 is 1.33 bits per heavy atom. The second kappa shape index (κ2) is 5.55. The molecule has 0 radical (unpaired) electrons. The van der Waals surface area contributed by atoms with Gasteiger partial charge in [-0.1, -0.05) is 32.9 Å². The summed E-state index contributed by atoms with van der Waals surface area (Å²) < 4.78 is 0. The van der Waals surface area contributed by atoms with Gasteiger partial charge in [-0.05, 0) is 42.4 Å². The molecule has 3 nitrogen and oxygen atoms in total. The molecule has 1 fully saturated rings. The lowest BCUT2D eigenvalue weighted by molar-refractivity contribution is 0.0678. The molecule has 1 aliphatic heterocycles. The van der Waals surface area contributed by atoms with Crippen LogP contribution in [0.3, 0.4) is 0 Å². The average molecular weight is 284 g/mol. The number of rotatable bonds is 2. The van der Waals surface area contributed by atoms with E-state index in [1.54, 1.807) is 0 Å². The Labute approximate surface area is 126 Å². The van der Waals surface area contributed by atoms with E-state index in [1.807, 2.05) is 11.0 Å². The monoisotopic (exact) mass is 284 g/mol. The van der Waals surface area contributed by atoms with Gasteiger partial charge < -0.3 is 9.88 Å². The number of nitrogens with one attached hydrogen (secondary N) is 1. The van der Waals surface area contributed by atoms with Gasteiger partial charge in [0.25, 0.3) is 5.91 Å². The highest BCUT2D eigenvalue weighted by atomic mass is 16.2. The van der Waals surface area contributed by atoms with E-state index in [-0.39, 0.29) is 5.91 Å². The van der Waals surface area contributed by atoms with Gasteiger partial charge in [0, 0.05) is 24.0 Å². The fourth-order valence-electron chi connectivity index (χ4n) is 3.16. The smallest absolute Gasteiger partial charge is 0.270 e. The number of amides is 1. The highest BCUT2D eigenvalue weighted by Crippen LogP contribution is 2.23. The molecule has 0 unspecified atom stereocenters. The van der Waals surface area contributed by atoms with Gasteiger partial charge in [-0.15, -0.1) is 0 Å². The van der Waals surface area contributed by atoms with Gasteiger partial charge in [0.2, 0.25) is 0 Å². The number of likely N-dealkylation sites (tertiary alicyclic amines) is 1. The van der Waals surface area contributed by atoms with E-state index in [0.717, 1.165) is 36.1 Å². The van der Waals surface area contributed by atoms with Crippen molar-refractivity contribution in [1.82, 2.24) is 9.88 Å². The third-order valence-corrected chi connectivity index (χ3v) is 4.49. The van der Waals surface area contributed by atoms with E-state index < -0.39 is 0 Å². The summed E-state index contributed by atoms with van der Waals surface area (Å²) in [5, 5.41) is 1.12. The zero-order valence-corrected chi connectivity index (χ0v) is 13.1. The minimum absolute atomic E-state index is 0.142. The van der Waals surface area contributed by atoms with Crippen LogP contribution in [0, 0.1) is 5.92 Å². The summed E-state index contributed by atoms with van der Waals surface area (Å²) >= 11 is 0. The Morgan fingerprint density at radius 2 is 2.14 bits per heavy atom. The number of hydrogen-bond acceptors (Lipinski definition) is 1. The molecule has 1 amide bonds. The predicted molar refractivity (Wildman–Crippen MR) is 86.7 cm³/mol. The first-order valence-corrected chi connectivity index (χ1v) is 7.96. The third kappa shape index (κ3) is 2.82. The second-order valence-electron chi connectivity index (χ2n) is 6.68. The molecule has 0 saturated carbocycles. The number of fused-ring (bicyclic) bond motifs is 1. The molecule has 1 aromatic heterocycles. The minimum Gasteiger partial charge on any atom is -0.351 e. The Balaban J connectivity index is 1.88. The van der Waals surface area contributed by atoms with Crippen LogP contribution in [0.15, 0.2) is 24.3 Å². The minimum atomic E-state index is 0.142. The van der Waals surface area contributed by atoms with Crippen molar-refractivity contribution in [3.8, 4) is 0 Å². The number of benzene rings is 1. The van der Waals surface area contributed by atoms with Gasteiger partial charge >= 0.3 is 0 Å². The maximum Gasteiger partial charge on any atom is 0.270 e. The highest BCUT2D eigenvalue weighted by Gasteiger charge is 2.23. The second-order valence-corrected chi connectivity index (χ2v) is 6.68. The predicted octanol–water partition coefficient (Wildman–Crippen LogP) is 4.16. The fourth-order valence-corrected chi connectivity index (χ4v) is 3.16. The lowest BCUT2D eigenvalue weighted by Crippen LogP contribution is -2.39. The first-order chi connectivity index (χ1) is 10.0. The molecule has 3 rings (SSSR count). The Kier molecular flexibility index (Phi) is 3.75. The van der Waals surface area contributed by atoms with E-state index in [4.69, 9.17) is 0 Å². The third-order valence-electron chi connectivity index (χ3n) is 4.49. The lowest BCUT2D eigenvalue weighted by Gasteiger charge is -2.30. The molecule has 2 heterocycles. The molecular weight excluding hydrogens is 260 g/mol. The number of piperidine rings is 1. The summed E-state index contributed by atoms with van der Waals surface area (Å²) in [7, 11) is 0. The number of aromatic amines is 1. The number of nitrogens with zero attached hydrogens (tertiary/aromatic N) is 1. The van der Waals surface area contributed by atoms with E-state index >= 15 is 0 Å². The zero-order valence-electron chi connectivity index (χ0n) is 13.1. The van der Waals surface area contributed by atoms with Crippen LogP contribution < -0.4 is 0 Å². The topological polar surface area (TPSA) is 36.1 Å². The average Bonchev–Trinajstić information content (AvgIpc) is 2.89. The SMILES string of the molecule is CC(C)c1ccc2cc(C(=O)N3CCC[C@@H](C)C3)[nH]c2c1. The van der Waals surface area contributed by atoms with E-state index in [1.165, 1.54) is 12.0 Å². The van der Waals surface area contributed by atoms with Gasteiger partial charge in [0.1, 0.15) is 5.69 Å². The molecule has 21 heavy (non-hydrogen) atoms. The first-order valence-electron chi connectivity index (χ1n) is 7.96. The summed E-state index contributed by atoms with van der Waals surface area (Å²) in [5.74, 6) is 1.25. The number of hydrogen-bond donors (Lipinski definition) is 1. The maximum absolute atomic E-state index is 12.6. The van der Waals surface area contributed by atoms with Crippen LogP contribution in [0.2, 0.25) is 0 Å². The van der Waals surface area contributed by atoms with Crippen molar-refractivity contribution in [2.75, 3.05) is 13.1 Å². The van der Waals surface area contributed by atoms with Crippen LogP contribution >= 0.6 is 0 Å².